The molecule has 0 radical (unpaired) electrons. The number of rotatable bonds is 3. The van der Waals surface area contributed by atoms with E-state index in [1.165, 1.54) is 0 Å². The lowest BCUT2D eigenvalue weighted by Crippen LogP contribution is -2.40. The highest BCUT2D eigenvalue weighted by atomic mass is 16.5. The number of morpholine rings is 1. The lowest BCUT2D eigenvalue weighted by atomic mass is 10.1. The molecular formula is C17H21N3O2. The number of hydrogen-bond acceptors (Lipinski definition) is 3. The molecule has 1 amide bonds. The van der Waals surface area contributed by atoms with Crippen molar-refractivity contribution in [1.29, 1.82) is 0 Å². The van der Waals surface area contributed by atoms with Gasteiger partial charge in [-0.3, -0.25) is 4.79 Å². The summed E-state index contributed by atoms with van der Waals surface area (Å²) < 4.78 is 7.21. The fourth-order valence-corrected chi connectivity index (χ4v) is 2.84. The topological polar surface area (TPSA) is 47.4 Å². The van der Waals surface area contributed by atoms with E-state index in [-0.39, 0.29) is 5.91 Å². The number of hydrogen-bond donors (Lipinski definition) is 0. The monoisotopic (exact) mass is 299 g/mol. The van der Waals surface area contributed by atoms with Gasteiger partial charge in [-0.2, -0.15) is 5.10 Å². The summed E-state index contributed by atoms with van der Waals surface area (Å²) in [5, 5.41) is 4.47. The average Bonchev–Trinajstić information content (AvgIpc) is 2.99. The molecule has 116 valence electrons. The summed E-state index contributed by atoms with van der Waals surface area (Å²) in [6.45, 7) is 6.63. The Hall–Kier alpha value is -2.14. The second-order valence-electron chi connectivity index (χ2n) is 5.46. The van der Waals surface area contributed by atoms with Crippen LogP contribution in [0.5, 0.6) is 0 Å². The number of amides is 1. The first-order valence-corrected chi connectivity index (χ1v) is 7.72. The van der Waals surface area contributed by atoms with E-state index in [0.717, 1.165) is 23.4 Å². The highest BCUT2D eigenvalue weighted by Gasteiger charge is 2.24. The van der Waals surface area contributed by atoms with E-state index in [1.807, 2.05) is 27.8 Å². The molecule has 0 N–H and O–H groups in total. The molecule has 0 atom stereocenters. The molecule has 1 aromatic carbocycles. The molecule has 0 unspecified atom stereocenters. The normalized spacial score (nSPS) is 15.1. The Morgan fingerprint density at radius 3 is 2.68 bits per heavy atom. The molecule has 1 fully saturated rings. The summed E-state index contributed by atoms with van der Waals surface area (Å²) in [4.78, 5) is 14.6. The van der Waals surface area contributed by atoms with Crippen LogP contribution in [0.3, 0.4) is 0 Å². The van der Waals surface area contributed by atoms with Crippen LogP contribution in [0.2, 0.25) is 0 Å². The summed E-state index contributed by atoms with van der Waals surface area (Å²) in [6, 6.07) is 8.09. The summed E-state index contributed by atoms with van der Waals surface area (Å²) in [5.41, 5.74) is 3.84. The molecule has 0 bridgehead atoms. The molecule has 0 aliphatic carbocycles. The van der Waals surface area contributed by atoms with Crippen LogP contribution in [0.1, 0.15) is 28.5 Å². The van der Waals surface area contributed by atoms with Gasteiger partial charge in [-0.15, -0.1) is 0 Å². The molecule has 5 heteroatoms. The van der Waals surface area contributed by atoms with Gasteiger partial charge in [0, 0.05) is 13.1 Å². The number of nitrogens with zero attached hydrogens (tertiary/aromatic N) is 3. The van der Waals surface area contributed by atoms with Crippen molar-refractivity contribution in [2.75, 3.05) is 26.3 Å². The molecule has 2 aromatic rings. The highest BCUT2D eigenvalue weighted by Crippen LogP contribution is 2.20. The van der Waals surface area contributed by atoms with Crippen LogP contribution in [-0.4, -0.2) is 46.9 Å². The second-order valence-corrected chi connectivity index (χ2v) is 5.46. The smallest absolute Gasteiger partial charge is 0.257 e. The van der Waals surface area contributed by atoms with Gasteiger partial charge in [0.25, 0.3) is 5.91 Å². The van der Waals surface area contributed by atoms with Crippen molar-refractivity contribution in [1.82, 2.24) is 14.7 Å². The SMILES string of the molecule is CCc1c(C(=O)N2CCOCC2)cnn1-c1ccccc1C. The molecule has 2 heterocycles. The molecular weight excluding hydrogens is 278 g/mol. The molecule has 0 saturated carbocycles. The molecule has 1 saturated heterocycles. The van der Waals surface area contributed by atoms with Crippen molar-refractivity contribution in [3.63, 3.8) is 0 Å². The number of aryl methyl sites for hydroxylation is 1. The minimum Gasteiger partial charge on any atom is -0.378 e. The van der Waals surface area contributed by atoms with Gasteiger partial charge in [-0.05, 0) is 25.0 Å². The number of carbonyl (C=O) groups is 1. The van der Waals surface area contributed by atoms with Crippen molar-refractivity contribution < 1.29 is 9.53 Å². The van der Waals surface area contributed by atoms with Crippen LogP contribution in [0.4, 0.5) is 0 Å². The maximum Gasteiger partial charge on any atom is 0.257 e. The molecule has 0 spiro atoms. The fourth-order valence-electron chi connectivity index (χ4n) is 2.84. The zero-order chi connectivity index (χ0) is 15.5. The zero-order valence-corrected chi connectivity index (χ0v) is 13.1. The van der Waals surface area contributed by atoms with Gasteiger partial charge in [0.05, 0.1) is 36.4 Å². The minimum absolute atomic E-state index is 0.0555. The largest absolute Gasteiger partial charge is 0.378 e. The first-order valence-electron chi connectivity index (χ1n) is 7.72. The third kappa shape index (κ3) is 2.64. The van der Waals surface area contributed by atoms with Crippen LogP contribution in [0.15, 0.2) is 30.5 Å². The van der Waals surface area contributed by atoms with Crippen LogP contribution in [0, 0.1) is 6.92 Å². The first kappa shape index (κ1) is 14.8. The number of ether oxygens (including phenoxy) is 1. The van der Waals surface area contributed by atoms with Gasteiger partial charge in [-0.1, -0.05) is 25.1 Å². The van der Waals surface area contributed by atoms with E-state index in [4.69, 9.17) is 4.74 Å². The summed E-state index contributed by atoms with van der Waals surface area (Å²) in [5.74, 6) is 0.0555. The maximum absolute atomic E-state index is 12.7. The molecule has 1 aliphatic rings. The molecule has 1 aliphatic heterocycles. The van der Waals surface area contributed by atoms with Gasteiger partial charge in [0.1, 0.15) is 0 Å². The quantitative estimate of drug-likeness (QED) is 0.873. The predicted molar refractivity (Wildman–Crippen MR) is 84.4 cm³/mol. The lowest BCUT2D eigenvalue weighted by molar-refractivity contribution is 0.0302. The summed E-state index contributed by atoms with van der Waals surface area (Å²) in [6.07, 6.45) is 2.46. The maximum atomic E-state index is 12.7. The van der Waals surface area contributed by atoms with Crippen molar-refractivity contribution in [3.05, 3.63) is 47.3 Å². The molecule has 1 aromatic heterocycles. The van der Waals surface area contributed by atoms with Crippen LogP contribution in [0.25, 0.3) is 5.69 Å². The minimum atomic E-state index is 0.0555. The van der Waals surface area contributed by atoms with Crippen molar-refractivity contribution in [2.24, 2.45) is 0 Å². The molecule has 5 nitrogen and oxygen atoms in total. The summed E-state index contributed by atoms with van der Waals surface area (Å²) in [7, 11) is 0. The van der Waals surface area contributed by atoms with Crippen molar-refractivity contribution in [2.45, 2.75) is 20.3 Å². The third-order valence-electron chi connectivity index (χ3n) is 4.08. The Labute approximate surface area is 130 Å². The van der Waals surface area contributed by atoms with E-state index in [9.17, 15) is 4.79 Å². The Morgan fingerprint density at radius 1 is 1.27 bits per heavy atom. The third-order valence-corrected chi connectivity index (χ3v) is 4.08. The Balaban J connectivity index is 1.97. The van der Waals surface area contributed by atoms with Gasteiger partial charge in [0.2, 0.25) is 0 Å². The summed E-state index contributed by atoms with van der Waals surface area (Å²) >= 11 is 0. The van der Waals surface area contributed by atoms with Crippen molar-refractivity contribution >= 4 is 5.91 Å². The Bertz CT molecular complexity index is 672. The van der Waals surface area contributed by atoms with Gasteiger partial charge in [0.15, 0.2) is 0 Å². The predicted octanol–water partition coefficient (Wildman–Crippen LogP) is 2.22. The Morgan fingerprint density at radius 2 is 2.00 bits per heavy atom. The molecule has 3 rings (SSSR count). The molecule has 22 heavy (non-hydrogen) atoms. The number of benzene rings is 1. The van der Waals surface area contributed by atoms with Crippen molar-refractivity contribution in [3.8, 4) is 5.69 Å². The number of aromatic nitrogens is 2. The van der Waals surface area contributed by atoms with Gasteiger partial charge >= 0.3 is 0 Å². The van der Waals surface area contributed by atoms with Crippen LogP contribution >= 0.6 is 0 Å². The van der Waals surface area contributed by atoms with Crippen LogP contribution < -0.4 is 0 Å². The van der Waals surface area contributed by atoms with E-state index >= 15 is 0 Å². The fraction of sp³-hybridized carbons (Fsp3) is 0.412. The van der Waals surface area contributed by atoms with E-state index in [0.29, 0.717) is 31.9 Å². The Kier molecular flexibility index (Phi) is 4.24. The highest BCUT2D eigenvalue weighted by molar-refractivity contribution is 5.95. The lowest BCUT2D eigenvalue weighted by Gasteiger charge is -2.26. The zero-order valence-electron chi connectivity index (χ0n) is 13.1. The van der Waals surface area contributed by atoms with E-state index < -0.39 is 0 Å². The first-order chi connectivity index (χ1) is 10.7. The standard InChI is InChI=1S/C17H21N3O2/c1-3-15-14(17(21)19-8-10-22-11-9-19)12-18-20(15)16-7-5-4-6-13(16)2/h4-7,12H,3,8-11H2,1-2H3. The van der Waals surface area contributed by atoms with Gasteiger partial charge < -0.3 is 9.64 Å². The second kappa shape index (κ2) is 6.32. The number of carbonyl (C=O) groups excluding carboxylic acids is 1. The van der Waals surface area contributed by atoms with Crippen LogP contribution in [-0.2, 0) is 11.2 Å². The number of para-hydroxylation sites is 1. The average molecular weight is 299 g/mol. The van der Waals surface area contributed by atoms with Gasteiger partial charge in [-0.25, -0.2) is 4.68 Å². The van der Waals surface area contributed by atoms with E-state index in [2.05, 4.69) is 25.0 Å². The van der Waals surface area contributed by atoms with E-state index in [1.54, 1.807) is 6.20 Å².